The molecule has 3 rings (SSSR count). The van der Waals surface area contributed by atoms with Crippen LogP contribution < -0.4 is 20.5 Å². The van der Waals surface area contributed by atoms with Crippen LogP contribution in [0.1, 0.15) is 11.1 Å². The monoisotopic (exact) mass is 480 g/mol. The molecule has 144 valence electrons. The maximum absolute atomic E-state index is 6.03. The van der Waals surface area contributed by atoms with Gasteiger partial charge < -0.3 is 25.5 Å². The summed E-state index contributed by atoms with van der Waals surface area (Å²) in [7, 11) is 3.23. The third kappa shape index (κ3) is 5.06. The number of methoxy groups -OCH3 is 2. The van der Waals surface area contributed by atoms with E-state index in [0.717, 1.165) is 23.4 Å². The predicted molar refractivity (Wildman–Crippen MR) is 122 cm³/mol. The molecule has 0 saturated carbocycles. The zero-order valence-corrected chi connectivity index (χ0v) is 18.0. The topological polar surface area (TPSA) is 84.7 Å². The van der Waals surface area contributed by atoms with Gasteiger partial charge in [-0.25, -0.2) is 0 Å². The van der Waals surface area contributed by atoms with Crippen LogP contribution in [0, 0.1) is 6.92 Å². The summed E-state index contributed by atoms with van der Waals surface area (Å²) in [6.07, 6.45) is 2.84. The smallest absolute Gasteiger partial charge is 0.193 e. The number of anilines is 1. The molecule has 0 aliphatic rings. The molecule has 1 aromatic heterocycles. The van der Waals surface area contributed by atoms with E-state index in [2.05, 4.69) is 40.4 Å². The average Bonchev–Trinajstić information content (AvgIpc) is 3.03. The van der Waals surface area contributed by atoms with Crippen molar-refractivity contribution >= 4 is 46.5 Å². The number of guanidine groups is 1. The zero-order valence-electron chi connectivity index (χ0n) is 15.7. The number of aromatic nitrogens is 1. The van der Waals surface area contributed by atoms with Crippen LogP contribution in [0.3, 0.4) is 0 Å². The van der Waals surface area contributed by atoms with Crippen molar-refractivity contribution < 1.29 is 9.47 Å². The summed E-state index contributed by atoms with van der Waals surface area (Å²) in [6.45, 7) is 2.68. The van der Waals surface area contributed by atoms with E-state index in [4.69, 9.17) is 15.2 Å². The highest BCUT2D eigenvalue weighted by Gasteiger charge is 2.07. The normalized spacial score (nSPS) is 11.1. The van der Waals surface area contributed by atoms with Crippen LogP contribution in [-0.4, -0.2) is 31.7 Å². The number of nitrogens with zero attached hydrogens (tertiary/aromatic N) is 1. The number of benzene rings is 2. The molecule has 0 radical (unpaired) electrons. The van der Waals surface area contributed by atoms with E-state index in [0.29, 0.717) is 18.3 Å². The maximum Gasteiger partial charge on any atom is 0.193 e. The average molecular weight is 480 g/mol. The summed E-state index contributed by atoms with van der Waals surface area (Å²) in [4.78, 5) is 7.73. The third-order valence-electron chi connectivity index (χ3n) is 4.26. The van der Waals surface area contributed by atoms with Gasteiger partial charge in [-0.05, 0) is 42.7 Å². The second-order valence-corrected chi connectivity index (χ2v) is 6.07. The van der Waals surface area contributed by atoms with E-state index in [1.807, 2.05) is 24.4 Å². The lowest BCUT2D eigenvalue weighted by molar-refractivity contribution is 0.405. The number of aliphatic imine (C=N–C) groups is 1. The Kier molecular flexibility index (Phi) is 7.35. The lowest BCUT2D eigenvalue weighted by Crippen LogP contribution is -2.23. The molecule has 0 atom stereocenters. The fourth-order valence-electron chi connectivity index (χ4n) is 2.89. The fourth-order valence-corrected chi connectivity index (χ4v) is 2.89. The van der Waals surface area contributed by atoms with E-state index < -0.39 is 0 Å². The van der Waals surface area contributed by atoms with Crippen molar-refractivity contribution in [2.75, 3.05) is 26.1 Å². The van der Waals surface area contributed by atoms with Gasteiger partial charge in [0.2, 0.25) is 0 Å². The van der Waals surface area contributed by atoms with Crippen molar-refractivity contribution in [2.45, 2.75) is 13.3 Å². The van der Waals surface area contributed by atoms with Gasteiger partial charge in [0.25, 0.3) is 0 Å². The van der Waals surface area contributed by atoms with E-state index >= 15 is 0 Å². The molecule has 0 aliphatic heterocycles. The Morgan fingerprint density at radius 2 is 1.96 bits per heavy atom. The summed E-state index contributed by atoms with van der Waals surface area (Å²) in [5.41, 5.74) is 10.4. The molecule has 0 fully saturated rings. The van der Waals surface area contributed by atoms with Gasteiger partial charge in [0, 0.05) is 29.7 Å². The Morgan fingerprint density at radius 1 is 1.15 bits per heavy atom. The number of halogens is 1. The molecule has 4 N–H and O–H groups in total. The van der Waals surface area contributed by atoms with Gasteiger partial charge in [-0.15, -0.1) is 24.0 Å². The number of rotatable bonds is 6. The third-order valence-corrected chi connectivity index (χ3v) is 4.26. The van der Waals surface area contributed by atoms with Gasteiger partial charge in [-0.2, -0.15) is 0 Å². The summed E-state index contributed by atoms with van der Waals surface area (Å²) in [6, 6.07) is 11.9. The first kappa shape index (κ1) is 20.9. The van der Waals surface area contributed by atoms with Gasteiger partial charge in [0.05, 0.1) is 19.9 Å². The number of hydrogen-bond acceptors (Lipinski definition) is 3. The first-order valence-corrected chi connectivity index (χ1v) is 8.46. The minimum absolute atomic E-state index is 0. The van der Waals surface area contributed by atoms with Crippen LogP contribution in [0.4, 0.5) is 5.69 Å². The Labute approximate surface area is 176 Å². The Bertz CT molecular complexity index is 937. The second-order valence-electron chi connectivity index (χ2n) is 6.07. The van der Waals surface area contributed by atoms with Gasteiger partial charge in [0.15, 0.2) is 5.96 Å². The minimum Gasteiger partial charge on any atom is -0.497 e. The molecule has 6 nitrogen and oxygen atoms in total. The highest BCUT2D eigenvalue weighted by Crippen LogP contribution is 2.28. The summed E-state index contributed by atoms with van der Waals surface area (Å²) >= 11 is 0. The number of aromatic amines is 1. The molecule has 27 heavy (non-hydrogen) atoms. The number of aryl methyl sites for hydroxylation is 1. The van der Waals surface area contributed by atoms with E-state index in [9.17, 15) is 0 Å². The van der Waals surface area contributed by atoms with Crippen LogP contribution in [0.2, 0.25) is 0 Å². The minimum atomic E-state index is 0. The van der Waals surface area contributed by atoms with Crippen molar-refractivity contribution in [3.63, 3.8) is 0 Å². The van der Waals surface area contributed by atoms with Gasteiger partial charge >= 0.3 is 0 Å². The molecular weight excluding hydrogens is 455 g/mol. The number of nitrogens with one attached hydrogen (secondary N) is 2. The van der Waals surface area contributed by atoms with Gasteiger partial charge in [-0.3, -0.25) is 4.99 Å². The Morgan fingerprint density at radius 3 is 2.70 bits per heavy atom. The van der Waals surface area contributed by atoms with Crippen molar-refractivity contribution in [3.05, 3.63) is 53.7 Å². The molecular formula is C20H25IN4O2. The largest absolute Gasteiger partial charge is 0.497 e. The van der Waals surface area contributed by atoms with E-state index in [1.165, 1.54) is 16.5 Å². The van der Waals surface area contributed by atoms with Crippen molar-refractivity contribution in [1.29, 1.82) is 0 Å². The number of ether oxygens (including phenoxy) is 2. The zero-order chi connectivity index (χ0) is 18.5. The van der Waals surface area contributed by atoms with E-state index in [-0.39, 0.29) is 24.0 Å². The highest BCUT2D eigenvalue weighted by atomic mass is 127. The van der Waals surface area contributed by atoms with Crippen molar-refractivity contribution in [2.24, 2.45) is 10.7 Å². The lowest BCUT2D eigenvalue weighted by atomic mass is 10.1. The fraction of sp³-hybridized carbons (Fsp3) is 0.250. The molecule has 0 amide bonds. The highest BCUT2D eigenvalue weighted by molar-refractivity contribution is 14.0. The molecule has 3 aromatic rings. The first-order chi connectivity index (χ1) is 12.6. The standard InChI is InChI=1S/C20H24N4O2.HI/c1-13-4-6-16-14(12-23-17(16)10-13)8-9-22-20(21)24-18-11-15(25-2)5-7-19(18)26-3;/h4-7,10-12,23H,8-9H2,1-3H3,(H3,21,22,24);1H. The van der Waals surface area contributed by atoms with Crippen LogP contribution in [0.15, 0.2) is 47.6 Å². The van der Waals surface area contributed by atoms with Crippen molar-refractivity contribution in [3.8, 4) is 11.5 Å². The first-order valence-electron chi connectivity index (χ1n) is 8.46. The van der Waals surface area contributed by atoms with Gasteiger partial charge in [-0.1, -0.05) is 12.1 Å². The van der Waals surface area contributed by atoms with Crippen LogP contribution in [-0.2, 0) is 6.42 Å². The van der Waals surface area contributed by atoms with Gasteiger partial charge in [0.1, 0.15) is 11.5 Å². The quantitative estimate of drug-likeness (QED) is 0.282. The number of fused-ring (bicyclic) bond motifs is 1. The van der Waals surface area contributed by atoms with Crippen molar-refractivity contribution in [1.82, 2.24) is 4.98 Å². The SMILES string of the molecule is COc1ccc(OC)c(NC(N)=NCCc2c[nH]c3cc(C)ccc23)c1.I. The molecule has 0 unspecified atom stereocenters. The van der Waals surface area contributed by atoms with Crippen LogP contribution in [0.5, 0.6) is 11.5 Å². The summed E-state index contributed by atoms with van der Waals surface area (Å²) in [5, 5.41) is 4.30. The second kappa shape index (κ2) is 9.50. The maximum atomic E-state index is 6.03. The molecule has 0 saturated heterocycles. The molecule has 0 aliphatic carbocycles. The van der Waals surface area contributed by atoms with Crippen LogP contribution in [0.25, 0.3) is 10.9 Å². The van der Waals surface area contributed by atoms with Crippen LogP contribution >= 0.6 is 24.0 Å². The summed E-state index contributed by atoms with van der Waals surface area (Å²) < 4.78 is 10.6. The van der Waals surface area contributed by atoms with E-state index in [1.54, 1.807) is 14.2 Å². The summed E-state index contributed by atoms with van der Waals surface area (Å²) in [5.74, 6) is 1.73. The molecule has 0 bridgehead atoms. The molecule has 1 heterocycles. The predicted octanol–water partition coefficient (Wildman–Crippen LogP) is 4.08. The molecule has 2 aromatic carbocycles. The molecule has 0 spiro atoms. The Balaban J connectivity index is 0.00000261. The molecule has 7 heteroatoms. The number of H-pyrrole nitrogens is 1. The number of nitrogens with two attached hydrogens (primary N) is 1. The Hall–Kier alpha value is -2.42. The number of hydrogen-bond donors (Lipinski definition) is 3. The lowest BCUT2D eigenvalue weighted by Gasteiger charge is -2.12.